The fourth-order valence-corrected chi connectivity index (χ4v) is 2.27. The quantitative estimate of drug-likeness (QED) is 0.198. The van der Waals surface area contributed by atoms with Gasteiger partial charge >= 0.3 is 0 Å². The zero-order valence-electron chi connectivity index (χ0n) is 13.9. The van der Waals surface area contributed by atoms with E-state index in [1.54, 1.807) is 7.11 Å². The number of methoxy groups -OCH3 is 1. The zero-order valence-corrected chi connectivity index (χ0v) is 16.2. The molecule has 5 heteroatoms. The molecular weight excluding hydrogens is 377 g/mol. The molecule has 0 bridgehead atoms. The Morgan fingerprint density at radius 2 is 2.19 bits per heavy atom. The molecule has 1 saturated carbocycles. The number of hydrogen-bond acceptors (Lipinski definition) is 2. The van der Waals surface area contributed by atoms with Gasteiger partial charge in [-0.2, -0.15) is 0 Å². The first-order chi connectivity index (χ1) is 9.67. The third kappa shape index (κ3) is 8.04. The second-order valence-electron chi connectivity index (χ2n) is 5.77. The molecule has 124 valence electrons. The van der Waals surface area contributed by atoms with Crippen molar-refractivity contribution in [1.29, 1.82) is 0 Å². The van der Waals surface area contributed by atoms with Gasteiger partial charge in [0.2, 0.25) is 0 Å². The summed E-state index contributed by atoms with van der Waals surface area (Å²) in [6.45, 7) is 9.58. The van der Waals surface area contributed by atoms with Gasteiger partial charge in [0.15, 0.2) is 5.96 Å². The van der Waals surface area contributed by atoms with Gasteiger partial charge in [-0.15, -0.1) is 30.6 Å². The number of rotatable bonds is 10. The van der Waals surface area contributed by atoms with Crippen molar-refractivity contribution in [3.05, 3.63) is 12.7 Å². The molecule has 1 fully saturated rings. The van der Waals surface area contributed by atoms with Crippen LogP contribution in [-0.2, 0) is 4.74 Å². The van der Waals surface area contributed by atoms with Crippen molar-refractivity contribution in [2.75, 3.05) is 40.4 Å². The molecule has 0 atom stereocenters. The number of guanidine groups is 1. The van der Waals surface area contributed by atoms with E-state index in [2.05, 4.69) is 30.8 Å². The van der Waals surface area contributed by atoms with Crippen LogP contribution < -0.4 is 5.32 Å². The average molecular weight is 409 g/mol. The van der Waals surface area contributed by atoms with Crippen molar-refractivity contribution in [2.24, 2.45) is 10.4 Å². The molecule has 0 aromatic heterocycles. The first-order valence-corrected chi connectivity index (χ1v) is 7.77. The summed E-state index contributed by atoms with van der Waals surface area (Å²) in [6.07, 6.45) is 7.87. The fraction of sp³-hybridized carbons (Fsp3) is 0.812. The van der Waals surface area contributed by atoms with E-state index < -0.39 is 0 Å². The van der Waals surface area contributed by atoms with Gasteiger partial charge in [-0.25, -0.2) is 0 Å². The summed E-state index contributed by atoms with van der Waals surface area (Å²) in [6, 6.07) is 0. The molecule has 1 N–H and O–H groups in total. The fourth-order valence-electron chi connectivity index (χ4n) is 2.27. The van der Waals surface area contributed by atoms with Crippen LogP contribution in [0.3, 0.4) is 0 Å². The van der Waals surface area contributed by atoms with E-state index in [9.17, 15) is 0 Å². The Labute approximate surface area is 147 Å². The molecular formula is C16H32IN3O. The maximum Gasteiger partial charge on any atom is 0.193 e. The lowest BCUT2D eigenvalue weighted by Gasteiger charge is -2.23. The lowest BCUT2D eigenvalue weighted by Crippen LogP contribution is -2.39. The van der Waals surface area contributed by atoms with E-state index in [4.69, 9.17) is 9.73 Å². The SMILES string of the molecule is C=CCCCN(C)C(=NCC1(CCOC)CC1)NCC.I. The third-order valence-corrected chi connectivity index (χ3v) is 3.96. The lowest BCUT2D eigenvalue weighted by molar-refractivity contribution is 0.174. The molecule has 0 unspecified atom stereocenters. The van der Waals surface area contributed by atoms with Gasteiger partial charge in [0.1, 0.15) is 0 Å². The van der Waals surface area contributed by atoms with Gasteiger partial charge in [-0.05, 0) is 44.4 Å². The summed E-state index contributed by atoms with van der Waals surface area (Å²) in [7, 11) is 3.89. The monoisotopic (exact) mass is 409 g/mol. The van der Waals surface area contributed by atoms with Crippen molar-refractivity contribution < 1.29 is 4.74 Å². The molecule has 4 nitrogen and oxygen atoms in total. The lowest BCUT2D eigenvalue weighted by atomic mass is 10.0. The number of halogens is 1. The van der Waals surface area contributed by atoms with Gasteiger partial charge in [-0.3, -0.25) is 4.99 Å². The van der Waals surface area contributed by atoms with Crippen molar-refractivity contribution >= 4 is 29.9 Å². The molecule has 0 amide bonds. The van der Waals surface area contributed by atoms with Crippen LogP contribution in [0.1, 0.15) is 39.0 Å². The van der Waals surface area contributed by atoms with Crippen LogP contribution in [0.25, 0.3) is 0 Å². The molecule has 0 aromatic carbocycles. The Balaban J connectivity index is 0.00000400. The topological polar surface area (TPSA) is 36.9 Å². The van der Waals surface area contributed by atoms with E-state index in [1.165, 1.54) is 12.8 Å². The average Bonchev–Trinajstić information content (AvgIpc) is 3.22. The summed E-state index contributed by atoms with van der Waals surface area (Å²) < 4.78 is 5.20. The van der Waals surface area contributed by atoms with Crippen LogP contribution in [0.15, 0.2) is 17.6 Å². The maximum absolute atomic E-state index is 5.20. The summed E-state index contributed by atoms with van der Waals surface area (Å²) in [5, 5.41) is 3.38. The van der Waals surface area contributed by atoms with E-state index in [-0.39, 0.29) is 24.0 Å². The maximum atomic E-state index is 5.20. The second-order valence-corrected chi connectivity index (χ2v) is 5.77. The zero-order chi connectivity index (χ0) is 14.8. The molecule has 1 rings (SSSR count). The van der Waals surface area contributed by atoms with Gasteiger partial charge in [0.05, 0.1) is 0 Å². The highest BCUT2D eigenvalue weighted by Crippen LogP contribution is 2.48. The van der Waals surface area contributed by atoms with E-state index in [0.717, 1.165) is 51.5 Å². The van der Waals surface area contributed by atoms with E-state index in [0.29, 0.717) is 5.41 Å². The van der Waals surface area contributed by atoms with Crippen LogP contribution >= 0.6 is 24.0 Å². The number of aliphatic imine (C=N–C) groups is 1. The van der Waals surface area contributed by atoms with Crippen LogP contribution in [0.4, 0.5) is 0 Å². The minimum Gasteiger partial charge on any atom is -0.385 e. The van der Waals surface area contributed by atoms with Gasteiger partial charge in [-0.1, -0.05) is 6.08 Å². The number of nitrogens with zero attached hydrogens (tertiary/aromatic N) is 2. The number of nitrogens with one attached hydrogen (secondary N) is 1. The van der Waals surface area contributed by atoms with Gasteiger partial charge in [0, 0.05) is 40.4 Å². The number of allylic oxidation sites excluding steroid dienone is 1. The molecule has 0 aromatic rings. The predicted molar refractivity (Wildman–Crippen MR) is 102 cm³/mol. The largest absolute Gasteiger partial charge is 0.385 e. The third-order valence-electron chi connectivity index (χ3n) is 3.96. The summed E-state index contributed by atoms with van der Waals surface area (Å²) in [5.41, 5.74) is 0.415. The molecule has 0 saturated heterocycles. The van der Waals surface area contributed by atoms with Gasteiger partial charge in [0.25, 0.3) is 0 Å². The Bertz CT molecular complexity index is 317. The standard InChI is InChI=1S/C16H31N3O.HI/c1-5-7-8-12-19(3)15(17-6-2)18-14-16(9-10-16)11-13-20-4;/h5H,1,6-14H2,2-4H3,(H,17,18);1H. The van der Waals surface area contributed by atoms with Gasteiger partial charge < -0.3 is 15.0 Å². The normalized spacial score (nSPS) is 16.0. The molecule has 0 radical (unpaired) electrons. The molecule has 0 aliphatic heterocycles. The Morgan fingerprint density at radius 3 is 2.71 bits per heavy atom. The highest BCUT2D eigenvalue weighted by atomic mass is 127. The molecule has 0 spiro atoms. The van der Waals surface area contributed by atoms with Crippen molar-refractivity contribution in [3.63, 3.8) is 0 Å². The van der Waals surface area contributed by atoms with Crippen LogP contribution in [0.5, 0.6) is 0 Å². The minimum atomic E-state index is 0. The van der Waals surface area contributed by atoms with E-state index >= 15 is 0 Å². The molecule has 21 heavy (non-hydrogen) atoms. The number of ether oxygens (including phenoxy) is 1. The predicted octanol–water partition coefficient (Wildman–Crippen LogP) is 3.28. The highest BCUT2D eigenvalue weighted by molar-refractivity contribution is 14.0. The van der Waals surface area contributed by atoms with E-state index in [1.807, 2.05) is 6.08 Å². The first-order valence-electron chi connectivity index (χ1n) is 7.77. The molecule has 1 aliphatic rings. The van der Waals surface area contributed by atoms with Crippen molar-refractivity contribution in [2.45, 2.75) is 39.0 Å². The summed E-state index contributed by atoms with van der Waals surface area (Å²) >= 11 is 0. The summed E-state index contributed by atoms with van der Waals surface area (Å²) in [4.78, 5) is 7.05. The number of hydrogen-bond donors (Lipinski definition) is 1. The number of unbranched alkanes of at least 4 members (excludes halogenated alkanes) is 1. The van der Waals surface area contributed by atoms with Crippen LogP contribution in [0, 0.1) is 5.41 Å². The summed E-state index contributed by atoms with van der Waals surface area (Å²) in [5.74, 6) is 1.03. The van der Waals surface area contributed by atoms with Crippen LogP contribution in [0.2, 0.25) is 0 Å². The van der Waals surface area contributed by atoms with Crippen LogP contribution in [-0.4, -0.2) is 51.3 Å². The molecule has 1 aliphatic carbocycles. The van der Waals surface area contributed by atoms with Crippen molar-refractivity contribution in [3.8, 4) is 0 Å². The Morgan fingerprint density at radius 1 is 1.48 bits per heavy atom. The Hall–Kier alpha value is -0.300. The second kappa shape index (κ2) is 11.3. The smallest absolute Gasteiger partial charge is 0.193 e. The minimum absolute atomic E-state index is 0. The highest BCUT2D eigenvalue weighted by Gasteiger charge is 2.41. The molecule has 0 heterocycles. The first kappa shape index (κ1) is 20.7. The Kier molecular flexibility index (Phi) is 11.1. The van der Waals surface area contributed by atoms with Crippen molar-refractivity contribution in [1.82, 2.24) is 10.2 Å².